The van der Waals surface area contributed by atoms with Gasteiger partial charge in [-0.15, -0.1) is 0 Å². The molecule has 1 aliphatic rings. The lowest BCUT2D eigenvalue weighted by Gasteiger charge is -1.98. The topological polar surface area (TPSA) is 38.4 Å². The number of allylic oxidation sites excluding steroid dienone is 1. The van der Waals surface area contributed by atoms with Crippen molar-refractivity contribution in [2.75, 3.05) is 12.3 Å². The standard InChI is InChI=1S/C10H10N2/c11-10-3-1-8(2-4-10)9-5-6-12-7-9/h1-5,7H,6,11H2. The van der Waals surface area contributed by atoms with E-state index in [1.807, 2.05) is 30.5 Å². The van der Waals surface area contributed by atoms with Gasteiger partial charge in [-0.25, -0.2) is 0 Å². The van der Waals surface area contributed by atoms with Crippen molar-refractivity contribution >= 4 is 17.5 Å². The Hall–Kier alpha value is -1.57. The van der Waals surface area contributed by atoms with Crippen LogP contribution in [0.2, 0.25) is 0 Å². The molecule has 0 atom stereocenters. The minimum atomic E-state index is 0.800. The molecule has 0 amide bonds. The molecule has 0 saturated heterocycles. The van der Waals surface area contributed by atoms with E-state index in [1.54, 1.807) is 0 Å². The molecule has 60 valence electrons. The van der Waals surface area contributed by atoms with E-state index in [0.29, 0.717) is 0 Å². The van der Waals surface area contributed by atoms with E-state index < -0.39 is 0 Å². The van der Waals surface area contributed by atoms with Crippen molar-refractivity contribution in [1.82, 2.24) is 0 Å². The maximum absolute atomic E-state index is 5.57. The molecule has 0 radical (unpaired) electrons. The van der Waals surface area contributed by atoms with Gasteiger partial charge >= 0.3 is 0 Å². The fourth-order valence-corrected chi connectivity index (χ4v) is 1.22. The van der Waals surface area contributed by atoms with Crippen molar-refractivity contribution in [3.8, 4) is 0 Å². The second-order valence-corrected chi connectivity index (χ2v) is 2.78. The van der Waals surface area contributed by atoms with Crippen LogP contribution in [0, 0.1) is 0 Å². The summed E-state index contributed by atoms with van der Waals surface area (Å²) >= 11 is 0. The summed E-state index contributed by atoms with van der Waals surface area (Å²) in [6.07, 6.45) is 4.00. The van der Waals surface area contributed by atoms with Gasteiger partial charge in [0.25, 0.3) is 0 Å². The average Bonchev–Trinajstić information content (AvgIpc) is 2.58. The number of rotatable bonds is 1. The highest BCUT2D eigenvalue weighted by Gasteiger charge is 2.00. The minimum absolute atomic E-state index is 0.800. The van der Waals surface area contributed by atoms with Crippen molar-refractivity contribution in [2.24, 2.45) is 4.99 Å². The number of benzene rings is 1. The summed E-state index contributed by atoms with van der Waals surface area (Å²) in [4.78, 5) is 4.11. The van der Waals surface area contributed by atoms with Crippen LogP contribution in [-0.2, 0) is 0 Å². The second kappa shape index (κ2) is 2.81. The van der Waals surface area contributed by atoms with Crippen LogP contribution < -0.4 is 5.73 Å². The van der Waals surface area contributed by atoms with Crippen LogP contribution in [0.15, 0.2) is 35.3 Å². The minimum Gasteiger partial charge on any atom is -0.399 e. The largest absolute Gasteiger partial charge is 0.399 e. The lowest BCUT2D eigenvalue weighted by atomic mass is 10.1. The maximum Gasteiger partial charge on any atom is 0.0580 e. The number of hydrogen-bond donors (Lipinski definition) is 1. The second-order valence-electron chi connectivity index (χ2n) is 2.78. The molecule has 12 heavy (non-hydrogen) atoms. The first-order valence-corrected chi connectivity index (χ1v) is 3.92. The van der Waals surface area contributed by atoms with E-state index in [4.69, 9.17) is 5.73 Å². The summed E-state index contributed by atoms with van der Waals surface area (Å²) in [7, 11) is 0. The first-order valence-electron chi connectivity index (χ1n) is 3.92. The van der Waals surface area contributed by atoms with Crippen molar-refractivity contribution in [3.63, 3.8) is 0 Å². The molecule has 1 aliphatic heterocycles. The molecule has 0 unspecified atom stereocenters. The van der Waals surface area contributed by atoms with E-state index in [9.17, 15) is 0 Å². The van der Waals surface area contributed by atoms with Crippen LogP contribution in [-0.4, -0.2) is 12.8 Å². The number of nitrogen functional groups attached to an aromatic ring is 1. The Bertz CT molecular complexity index is 333. The third-order valence-electron chi connectivity index (χ3n) is 1.89. The highest BCUT2D eigenvalue weighted by molar-refractivity contribution is 6.11. The van der Waals surface area contributed by atoms with Crippen molar-refractivity contribution < 1.29 is 0 Å². The predicted octanol–water partition coefficient (Wildman–Crippen LogP) is 1.74. The average molecular weight is 158 g/mol. The molecule has 2 heteroatoms. The molecule has 0 saturated carbocycles. The quantitative estimate of drug-likeness (QED) is 0.621. The number of nitrogens with two attached hydrogens (primary N) is 1. The van der Waals surface area contributed by atoms with Crippen LogP contribution in [0.4, 0.5) is 5.69 Å². The van der Waals surface area contributed by atoms with Gasteiger partial charge < -0.3 is 5.73 Å². The smallest absolute Gasteiger partial charge is 0.0580 e. The van der Waals surface area contributed by atoms with E-state index in [-0.39, 0.29) is 0 Å². The molecule has 1 aromatic rings. The molecule has 0 aliphatic carbocycles. The molecule has 0 spiro atoms. The SMILES string of the molecule is Nc1ccc(C2=CCN=C2)cc1. The van der Waals surface area contributed by atoms with Crippen LogP contribution >= 0.6 is 0 Å². The monoisotopic (exact) mass is 158 g/mol. The van der Waals surface area contributed by atoms with Crippen LogP contribution in [0.5, 0.6) is 0 Å². The van der Waals surface area contributed by atoms with Crippen molar-refractivity contribution in [1.29, 1.82) is 0 Å². The zero-order valence-electron chi connectivity index (χ0n) is 6.70. The van der Waals surface area contributed by atoms with Crippen LogP contribution in [0.25, 0.3) is 5.57 Å². The van der Waals surface area contributed by atoms with Crippen LogP contribution in [0.1, 0.15) is 5.56 Å². The van der Waals surface area contributed by atoms with Gasteiger partial charge in [0.15, 0.2) is 0 Å². The molecular formula is C10H10N2. The van der Waals surface area contributed by atoms with Gasteiger partial charge in [0, 0.05) is 11.9 Å². The molecule has 0 aromatic heterocycles. The van der Waals surface area contributed by atoms with E-state index in [2.05, 4.69) is 11.1 Å². The van der Waals surface area contributed by atoms with Gasteiger partial charge in [-0.2, -0.15) is 0 Å². The molecule has 2 N–H and O–H groups in total. The zero-order valence-corrected chi connectivity index (χ0v) is 6.70. The van der Waals surface area contributed by atoms with E-state index in [0.717, 1.165) is 12.2 Å². The third-order valence-corrected chi connectivity index (χ3v) is 1.89. The summed E-state index contributed by atoms with van der Waals surface area (Å²) in [5, 5.41) is 0. The van der Waals surface area contributed by atoms with Gasteiger partial charge in [-0.3, -0.25) is 4.99 Å². The molecule has 1 heterocycles. The Labute approximate surface area is 71.4 Å². The summed E-state index contributed by atoms with van der Waals surface area (Å²) in [6, 6.07) is 7.84. The Balaban J connectivity index is 2.35. The Morgan fingerprint density at radius 3 is 2.50 bits per heavy atom. The first kappa shape index (κ1) is 7.10. The highest BCUT2D eigenvalue weighted by Crippen LogP contribution is 2.16. The molecule has 0 bridgehead atoms. The van der Waals surface area contributed by atoms with Gasteiger partial charge in [0.1, 0.15) is 0 Å². The van der Waals surface area contributed by atoms with Gasteiger partial charge in [0.05, 0.1) is 6.54 Å². The molecule has 0 fully saturated rings. The van der Waals surface area contributed by atoms with Crippen molar-refractivity contribution in [2.45, 2.75) is 0 Å². The Kier molecular flexibility index (Phi) is 1.67. The molecule has 1 aromatic carbocycles. The number of aliphatic imine (C=N–C) groups is 1. The van der Waals surface area contributed by atoms with Gasteiger partial charge in [0.2, 0.25) is 0 Å². The number of anilines is 1. The van der Waals surface area contributed by atoms with E-state index >= 15 is 0 Å². The third kappa shape index (κ3) is 1.23. The Morgan fingerprint density at radius 1 is 1.17 bits per heavy atom. The molecular weight excluding hydrogens is 148 g/mol. The highest BCUT2D eigenvalue weighted by atomic mass is 14.7. The summed E-state index contributed by atoms with van der Waals surface area (Å²) in [5.41, 5.74) is 8.75. The zero-order chi connectivity index (χ0) is 8.39. The molecule has 2 nitrogen and oxygen atoms in total. The first-order chi connectivity index (χ1) is 5.86. The predicted molar refractivity (Wildman–Crippen MR) is 52.2 cm³/mol. The maximum atomic E-state index is 5.57. The van der Waals surface area contributed by atoms with Gasteiger partial charge in [-0.1, -0.05) is 18.2 Å². The summed E-state index contributed by atoms with van der Waals surface area (Å²) in [5.74, 6) is 0. The molecule has 2 rings (SSSR count). The van der Waals surface area contributed by atoms with E-state index in [1.165, 1.54) is 11.1 Å². The number of hydrogen-bond acceptors (Lipinski definition) is 2. The van der Waals surface area contributed by atoms with Gasteiger partial charge in [-0.05, 0) is 23.3 Å². The summed E-state index contributed by atoms with van der Waals surface area (Å²) < 4.78 is 0. The Morgan fingerprint density at radius 2 is 1.92 bits per heavy atom. The van der Waals surface area contributed by atoms with Crippen molar-refractivity contribution in [3.05, 3.63) is 35.9 Å². The normalized spacial score (nSPS) is 14.8. The fourth-order valence-electron chi connectivity index (χ4n) is 1.22. The lowest BCUT2D eigenvalue weighted by Crippen LogP contribution is -1.86. The summed E-state index contributed by atoms with van der Waals surface area (Å²) in [6.45, 7) is 0.805. The fraction of sp³-hybridized carbons (Fsp3) is 0.100. The number of nitrogens with zero attached hydrogens (tertiary/aromatic N) is 1. The van der Waals surface area contributed by atoms with Crippen LogP contribution in [0.3, 0.4) is 0 Å². The lowest BCUT2D eigenvalue weighted by molar-refractivity contribution is 1.29.